The van der Waals surface area contributed by atoms with Gasteiger partial charge in [0.25, 0.3) is 0 Å². The summed E-state index contributed by atoms with van der Waals surface area (Å²) in [5, 5.41) is 3.45. The van der Waals surface area contributed by atoms with Crippen molar-refractivity contribution in [1.29, 1.82) is 0 Å². The quantitative estimate of drug-likeness (QED) is 0.283. The van der Waals surface area contributed by atoms with Gasteiger partial charge in [-0.05, 0) is 30.4 Å². The molecular formula is C20H34IN3O2. The van der Waals surface area contributed by atoms with E-state index in [0.29, 0.717) is 5.92 Å². The molecule has 0 aromatic heterocycles. The minimum absolute atomic E-state index is 0. The number of benzene rings is 1. The van der Waals surface area contributed by atoms with Crippen LogP contribution in [0.25, 0.3) is 0 Å². The normalized spacial score (nSPS) is 18.0. The van der Waals surface area contributed by atoms with Gasteiger partial charge in [0, 0.05) is 33.4 Å². The maximum Gasteiger partial charge on any atom is 0.193 e. The molecule has 1 saturated heterocycles. The third-order valence-corrected chi connectivity index (χ3v) is 4.31. The van der Waals surface area contributed by atoms with Crippen molar-refractivity contribution in [3.8, 4) is 0 Å². The second-order valence-electron chi connectivity index (χ2n) is 6.96. The van der Waals surface area contributed by atoms with Crippen LogP contribution in [0.2, 0.25) is 0 Å². The molecular weight excluding hydrogens is 441 g/mol. The number of guanidine groups is 1. The average Bonchev–Trinajstić information content (AvgIpc) is 2.61. The first-order chi connectivity index (χ1) is 12.1. The summed E-state index contributed by atoms with van der Waals surface area (Å²) in [4.78, 5) is 6.73. The number of hydrogen-bond donors (Lipinski definition) is 1. The van der Waals surface area contributed by atoms with Crippen LogP contribution >= 0.6 is 24.0 Å². The Morgan fingerprint density at radius 2 is 2.15 bits per heavy atom. The Balaban J connectivity index is 0.00000338. The Kier molecular flexibility index (Phi) is 11.2. The van der Waals surface area contributed by atoms with E-state index in [9.17, 15) is 0 Å². The number of halogens is 1. The van der Waals surface area contributed by atoms with Crippen LogP contribution in [0.3, 0.4) is 0 Å². The van der Waals surface area contributed by atoms with Gasteiger partial charge in [-0.1, -0.05) is 38.1 Å². The van der Waals surface area contributed by atoms with E-state index in [2.05, 4.69) is 60.2 Å². The third kappa shape index (κ3) is 7.40. The fourth-order valence-corrected chi connectivity index (χ4v) is 3.00. The predicted octanol–water partition coefficient (Wildman–Crippen LogP) is 3.62. The molecule has 148 valence electrons. The van der Waals surface area contributed by atoms with Crippen molar-refractivity contribution in [3.05, 3.63) is 35.4 Å². The summed E-state index contributed by atoms with van der Waals surface area (Å²) in [5.41, 5.74) is 2.55. The Bertz CT molecular complexity index is 552. The molecule has 5 nitrogen and oxygen atoms in total. The third-order valence-electron chi connectivity index (χ3n) is 4.31. The molecule has 0 radical (unpaired) electrons. The highest BCUT2D eigenvalue weighted by molar-refractivity contribution is 14.0. The van der Waals surface area contributed by atoms with Crippen molar-refractivity contribution in [3.63, 3.8) is 0 Å². The zero-order valence-corrected chi connectivity index (χ0v) is 18.9. The van der Waals surface area contributed by atoms with E-state index in [0.717, 1.165) is 51.8 Å². The van der Waals surface area contributed by atoms with E-state index in [1.807, 2.05) is 7.05 Å². The van der Waals surface area contributed by atoms with Gasteiger partial charge in [-0.3, -0.25) is 4.99 Å². The molecule has 6 heteroatoms. The number of nitrogens with one attached hydrogen (secondary N) is 1. The van der Waals surface area contributed by atoms with E-state index < -0.39 is 0 Å². The highest BCUT2D eigenvalue weighted by atomic mass is 127. The monoisotopic (exact) mass is 475 g/mol. The van der Waals surface area contributed by atoms with Gasteiger partial charge in [-0.15, -0.1) is 24.0 Å². The van der Waals surface area contributed by atoms with Crippen LogP contribution in [0.1, 0.15) is 37.5 Å². The van der Waals surface area contributed by atoms with Gasteiger partial charge in [0.1, 0.15) is 6.10 Å². The number of ether oxygens (including phenoxy) is 2. The molecule has 1 fully saturated rings. The first-order valence-corrected chi connectivity index (χ1v) is 9.32. The molecule has 0 amide bonds. The molecule has 2 rings (SSSR count). The second-order valence-corrected chi connectivity index (χ2v) is 6.96. The minimum atomic E-state index is 0. The van der Waals surface area contributed by atoms with Gasteiger partial charge in [-0.25, -0.2) is 0 Å². The Hall–Kier alpha value is -0.860. The van der Waals surface area contributed by atoms with Gasteiger partial charge in [-0.2, -0.15) is 0 Å². The average molecular weight is 475 g/mol. The molecule has 0 aliphatic carbocycles. The molecule has 1 aliphatic rings. The molecule has 0 saturated carbocycles. The van der Waals surface area contributed by atoms with Crippen LogP contribution in [-0.2, 0) is 9.47 Å². The van der Waals surface area contributed by atoms with Gasteiger partial charge in [0.2, 0.25) is 0 Å². The number of aliphatic imine (C=N–C) groups is 1. The van der Waals surface area contributed by atoms with E-state index in [1.165, 1.54) is 11.1 Å². The minimum Gasteiger partial charge on any atom is -0.381 e. The van der Waals surface area contributed by atoms with Crippen LogP contribution in [0, 0.1) is 12.8 Å². The highest BCUT2D eigenvalue weighted by Gasteiger charge is 2.24. The molecule has 1 N–H and O–H groups in total. The summed E-state index contributed by atoms with van der Waals surface area (Å²) in [6.07, 6.45) is 1.08. The zero-order chi connectivity index (χ0) is 18.1. The summed E-state index contributed by atoms with van der Waals surface area (Å²) < 4.78 is 11.6. The topological polar surface area (TPSA) is 46.1 Å². The van der Waals surface area contributed by atoms with Gasteiger partial charge >= 0.3 is 0 Å². The summed E-state index contributed by atoms with van der Waals surface area (Å²) in [6, 6.07) is 8.45. The molecule has 1 atom stereocenters. The summed E-state index contributed by atoms with van der Waals surface area (Å²) in [5.74, 6) is 1.54. The van der Waals surface area contributed by atoms with Crippen molar-refractivity contribution in [2.45, 2.75) is 33.3 Å². The Morgan fingerprint density at radius 3 is 2.85 bits per heavy atom. The largest absolute Gasteiger partial charge is 0.381 e. The van der Waals surface area contributed by atoms with Gasteiger partial charge in [0.15, 0.2) is 5.96 Å². The molecule has 1 heterocycles. The first kappa shape index (κ1) is 23.2. The van der Waals surface area contributed by atoms with Gasteiger partial charge in [0.05, 0.1) is 13.2 Å². The molecule has 1 unspecified atom stereocenters. The number of rotatable bonds is 7. The fraction of sp³-hybridized carbons (Fsp3) is 0.650. The molecule has 1 aromatic carbocycles. The lowest BCUT2D eigenvalue weighted by molar-refractivity contribution is -0.00834. The summed E-state index contributed by atoms with van der Waals surface area (Å²) >= 11 is 0. The fourth-order valence-electron chi connectivity index (χ4n) is 3.00. The zero-order valence-electron chi connectivity index (χ0n) is 16.5. The standard InChI is InChI=1S/C20H33N3O2.HI/c1-16(2)15-24-12-7-10-22-20(21-4)23-11-13-25-19(14-23)18-9-6-5-8-17(18)3;/h5-6,8-9,16,19H,7,10-15H2,1-4H3,(H,21,22);1H. The van der Waals surface area contributed by atoms with E-state index in [4.69, 9.17) is 9.47 Å². The lowest BCUT2D eigenvalue weighted by atomic mass is 10.0. The van der Waals surface area contributed by atoms with Crippen LogP contribution in [0.5, 0.6) is 0 Å². The molecule has 26 heavy (non-hydrogen) atoms. The van der Waals surface area contributed by atoms with Crippen molar-refractivity contribution in [1.82, 2.24) is 10.2 Å². The van der Waals surface area contributed by atoms with Crippen molar-refractivity contribution >= 4 is 29.9 Å². The smallest absolute Gasteiger partial charge is 0.193 e. The maximum atomic E-state index is 6.01. The summed E-state index contributed by atoms with van der Waals surface area (Å²) in [6.45, 7) is 11.4. The number of hydrogen-bond acceptors (Lipinski definition) is 3. The highest BCUT2D eigenvalue weighted by Crippen LogP contribution is 2.24. The lowest BCUT2D eigenvalue weighted by Gasteiger charge is -2.35. The SMILES string of the molecule is CN=C(NCCCOCC(C)C)N1CCOC(c2ccccc2C)C1.I. The number of nitrogens with zero attached hydrogens (tertiary/aromatic N) is 2. The van der Waals surface area contributed by atoms with Crippen LogP contribution in [0.15, 0.2) is 29.3 Å². The Labute approximate surface area is 175 Å². The van der Waals surface area contributed by atoms with Crippen molar-refractivity contribution in [2.24, 2.45) is 10.9 Å². The summed E-state index contributed by atoms with van der Waals surface area (Å²) in [7, 11) is 1.84. The van der Waals surface area contributed by atoms with Crippen LogP contribution < -0.4 is 5.32 Å². The van der Waals surface area contributed by atoms with Gasteiger partial charge < -0.3 is 19.7 Å². The van der Waals surface area contributed by atoms with Crippen LogP contribution in [-0.4, -0.2) is 57.4 Å². The van der Waals surface area contributed by atoms with E-state index in [1.54, 1.807) is 0 Å². The Morgan fingerprint density at radius 1 is 1.38 bits per heavy atom. The first-order valence-electron chi connectivity index (χ1n) is 9.32. The van der Waals surface area contributed by atoms with Crippen molar-refractivity contribution < 1.29 is 9.47 Å². The molecule has 0 spiro atoms. The van der Waals surface area contributed by atoms with E-state index in [-0.39, 0.29) is 30.1 Å². The molecule has 1 aliphatic heterocycles. The van der Waals surface area contributed by atoms with Crippen molar-refractivity contribution in [2.75, 3.05) is 46.5 Å². The molecule has 1 aromatic rings. The van der Waals surface area contributed by atoms with E-state index >= 15 is 0 Å². The number of morpholine rings is 1. The lowest BCUT2D eigenvalue weighted by Crippen LogP contribution is -2.48. The molecule has 0 bridgehead atoms. The number of aryl methyl sites for hydroxylation is 1. The maximum absolute atomic E-state index is 6.01. The van der Waals surface area contributed by atoms with Crippen LogP contribution in [0.4, 0.5) is 0 Å². The predicted molar refractivity (Wildman–Crippen MR) is 118 cm³/mol. The second kappa shape index (κ2) is 12.5.